The summed E-state index contributed by atoms with van der Waals surface area (Å²) in [6, 6.07) is 4.52. The minimum Gasteiger partial charge on any atom is -0.486 e. The molecule has 0 saturated carbocycles. The molecule has 1 atom stereocenters. The Hall–Kier alpha value is -2.06. The first-order chi connectivity index (χ1) is 11.4. The van der Waals surface area contributed by atoms with Crippen LogP contribution in [0.15, 0.2) is 27.6 Å². The summed E-state index contributed by atoms with van der Waals surface area (Å²) >= 11 is 0. The highest BCUT2D eigenvalue weighted by Gasteiger charge is 2.27. The molecule has 1 aliphatic rings. The van der Waals surface area contributed by atoms with Gasteiger partial charge >= 0.3 is 0 Å². The maximum Gasteiger partial charge on any atom is 0.244 e. The number of nitrogens with one attached hydrogen (secondary N) is 1. The summed E-state index contributed by atoms with van der Waals surface area (Å²) in [4.78, 5) is 0.0883. The van der Waals surface area contributed by atoms with Gasteiger partial charge in [-0.3, -0.25) is 0 Å². The third-order valence-corrected chi connectivity index (χ3v) is 5.48. The largest absolute Gasteiger partial charge is 0.486 e. The van der Waals surface area contributed by atoms with Gasteiger partial charge in [0.25, 0.3) is 0 Å². The van der Waals surface area contributed by atoms with E-state index in [2.05, 4.69) is 9.88 Å². The third-order valence-electron chi connectivity index (χ3n) is 3.87. The zero-order valence-corrected chi connectivity index (χ0v) is 14.6. The number of hydrogen-bond acceptors (Lipinski definition) is 6. The molecule has 0 spiro atoms. The van der Waals surface area contributed by atoms with Crippen LogP contribution in [0.2, 0.25) is 0 Å². The van der Waals surface area contributed by atoms with Crippen molar-refractivity contribution < 1.29 is 22.4 Å². The number of para-hydroxylation sites is 1. The second-order valence-electron chi connectivity index (χ2n) is 5.81. The van der Waals surface area contributed by atoms with Crippen LogP contribution in [0.3, 0.4) is 0 Å². The summed E-state index contributed by atoms with van der Waals surface area (Å²) in [6.07, 6.45) is 0.493. The molecule has 1 unspecified atom stereocenters. The molecule has 1 aromatic heterocycles. The van der Waals surface area contributed by atoms with Crippen molar-refractivity contribution in [2.24, 2.45) is 0 Å². The van der Waals surface area contributed by atoms with Gasteiger partial charge in [0.15, 0.2) is 11.5 Å². The maximum atomic E-state index is 12.7. The number of sulfonamides is 1. The van der Waals surface area contributed by atoms with E-state index in [0.717, 1.165) is 11.3 Å². The topological polar surface area (TPSA) is 90.7 Å². The molecular formula is C16H20N2O5S. The minimum atomic E-state index is -3.74. The van der Waals surface area contributed by atoms with Gasteiger partial charge in [-0.2, -0.15) is 0 Å². The van der Waals surface area contributed by atoms with Crippen molar-refractivity contribution >= 4 is 10.0 Å². The second-order valence-corrected chi connectivity index (χ2v) is 7.49. The molecule has 130 valence electrons. The number of fused-ring (bicyclic) bond motifs is 1. The van der Waals surface area contributed by atoms with Crippen LogP contribution in [0.4, 0.5) is 0 Å². The van der Waals surface area contributed by atoms with E-state index >= 15 is 0 Å². The summed E-state index contributed by atoms with van der Waals surface area (Å²) in [5.41, 5.74) is 1.69. The molecule has 2 aromatic rings. The summed E-state index contributed by atoms with van der Waals surface area (Å²) in [5.74, 6) is 1.41. The van der Waals surface area contributed by atoms with Crippen LogP contribution in [0.25, 0.3) is 0 Å². The van der Waals surface area contributed by atoms with Crippen LogP contribution < -0.4 is 14.2 Å². The lowest BCUT2D eigenvalue weighted by atomic mass is 10.1. The van der Waals surface area contributed by atoms with Crippen LogP contribution in [0.1, 0.15) is 23.9 Å². The third kappa shape index (κ3) is 3.25. The molecule has 1 N–H and O–H groups in total. The fourth-order valence-electron chi connectivity index (χ4n) is 2.73. The molecule has 0 saturated heterocycles. The molecule has 8 heteroatoms. The van der Waals surface area contributed by atoms with Crippen LogP contribution >= 0.6 is 0 Å². The van der Waals surface area contributed by atoms with Crippen LogP contribution in [-0.2, 0) is 16.4 Å². The van der Waals surface area contributed by atoms with Gasteiger partial charge in [-0.25, -0.2) is 13.1 Å². The van der Waals surface area contributed by atoms with Gasteiger partial charge in [0.05, 0.1) is 5.69 Å². The first-order valence-electron chi connectivity index (χ1n) is 7.71. The highest BCUT2D eigenvalue weighted by atomic mass is 32.2. The van der Waals surface area contributed by atoms with Crippen molar-refractivity contribution in [2.45, 2.75) is 38.1 Å². The average molecular weight is 352 g/mol. The van der Waals surface area contributed by atoms with E-state index in [1.165, 1.54) is 6.07 Å². The van der Waals surface area contributed by atoms with Crippen molar-refractivity contribution in [1.82, 2.24) is 9.88 Å². The predicted octanol–water partition coefficient (Wildman–Crippen LogP) is 1.97. The van der Waals surface area contributed by atoms with Crippen LogP contribution in [0, 0.1) is 13.8 Å². The Bertz CT molecular complexity index is 825. The van der Waals surface area contributed by atoms with Crippen molar-refractivity contribution in [3.63, 3.8) is 0 Å². The van der Waals surface area contributed by atoms with Gasteiger partial charge in [0, 0.05) is 11.6 Å². The highest BCUT2D eigenvalue weighted by Crippen LogP contribution is 2.36. The molecule has 2 heterocycles. The van der Waals surface area contributed by atoms with E-state index in [1.54, 1.807) is 19.1 Å². The first-order valence-corrected chi connectivity index (χ1v) is 9.19. The highest BCUT2D eigenvalue weighted by molar-refractivity contribution is 7.89. The van der Waals surface area contributed by atoms with Crippen molar-refractivity contribution in [3.05, 3.63) is 35.2 Å². The lowest BCUT2D eigenvalue weighted by molar-refractivity contribution is 0.167. The normalized spacial score (nSPS) is 15.3. The molecule has 0 aliphatic carbocycles. The van der Waals surface area contributed by atoms with E-state index in [-0.39, 0.29) is 16.7 Å². The summed E-state index contributed by atoms with van der Waals surface area (Å²) in [6.45, 7) is 6.19. The van der Waals surface area contributed by atoms with Gasteiger partial charge < -0.3 is 14.0 Å². The van der Waals surface area contributed by atoms with E-state index in [9.17, 15) is 8.42 Å². The number of aromatic nitrogens is 1. The molecule has 24 heavy (non-hydrogen) atoms. The van der Waals surface area contributed by atoms with E-state index in [4.69, 9.17) is 14.0 Å². The molecule has 1 aromatic carbocycles. The Morgan fingerprint density at radius 1 is 1.25 bits per heavy atom. The summed E-state index contributed by atoms with van der Waals surface area (Å²) < 4.78 is 44.2. The fourth-order valence-corrected chi connectivity index (χ4v) is 4.13. The molecule has 1 aliphatic heterocycles. The molecule has 0 radical (unpaired) electrons. The molecule has 0 fully saturated rings. The first kappa shape index (κ1) is 16.8. The molecule has 3 rings (SSSR count). The van der Waals surface area contributed by atoms with Gasteiger partial charge in [-0.15, -0.1) is 0 Å². The standard InChI is InChI=1S/C16H20N2O5S/c1-10(9-13-11(2)17-23-12(13)3)18-24(19,20)15-6-4-5-14-16(15)22-8-7-21-14/h4-6,10,18H,7-9H2,1-3H3. The number of aryl methyl sites for hydroxylation is 2. The smallest absolute Gasteiger partial charge is 0.244 e. The van der Waals surface area contributed by atoms with Gasteiger partial charge in [0.1, 0.15) is 23.9 Å². The Balaban J connectivity index is 1.82. The Labute approximate surface area is 141 Å². The SMILES string of the molecule is Cc1noc(C)c1CC(C)NS(=O)(=O)c1cccc2c1OCCO2. The zero-order valence-electron chi connectivity index (χ0n) is 13.8. The zero-order chi connectivity index (χ0) is 17.3. The lowest BCUT2D eigenvalue weighted by Crippen LogP contribution is -2.35. The number of ether oxygens (including phenoxy) is 2. The Kier molecular flexibility index (Phi) is 4.51. The molecule has 7 nitrogen and oxygen atoms in total. The minimum absolute atomic E-state index is 0.0883. The summed E-state index contributed by atoms with van der Waals surface area (Å²) in [5, 5.41) is 3.89. The van der Waals surface area contributed by atoms with Crippen molar-refractivity contribution in [3.8, 4) is 11.5 Å². The quantitative estimate of drug-likeness (QED) is 0.885. The number of rotatable bonds is 5. The number of hydrogen-bond donors (Lipinski definition) is 1. The fraction of sp³-hybridized carbons (Fsp3) is 0.438. The van der Waals surface area contributed by atoms with Crippen molar-refractivity contribution in [2.75, 3.05) is 13.2 Å². The van der Waals surface area contributed by atoms with E-state index in [0.29, 0.717) is 31.1 Å². The van der Waals surface area contributed by atoms with Crippen LogP contribution in [0.5, 0.6) is 11.5 Å². The lowest BCUT2D eigenvalue weighted by Gasteiger charge is -2.22. The molecular weight excluding hydrogens is 332 g/mol. The van der Waals surface area contributed by atoms with E-state index in [1.807, 2.05) is 13.8 Å². The van der Waals surface area contributed by atoms with Gasteiger partial charge in [-0.1, -0.05) is 11.2 Å². The monoisotopic (exact) mass is 352 g/mol. The van der Waals surface area contributed by atoms with Crippen molar-refractivity contribution in [1.29, 1.82) is 0 Å². The molecule has 0 amide bonds. The van der Waals surface area contributed by atoms with Gasteiger partial charge in [0.2, 0.25) is 10.0 Å². The van der Waals surface area contributed by atoms with E-state index < -0.39 is 10.0 Å². The summed E-state index contributed by atoms with van der Waals surface area (Å²) in [7, 11) is -3.74. The number of benzene rings is 1. The average Bonchev–Trinajstić information content (AvgIpc) is 2.85. The second kappa shape index (κ2) is 6.45. The Morgan fingerprint density at radius 3 is 2.71 bits per heavy atom. The van der Waals surface area contributed by atoms with Gasteiger partial charge in [-0.05, 0) is 39.3 Å². The predicted molar refractivity (Wildman–Crippen MR) is 86.9 cm³/mol. The number of nitrogens with zero attached hydrogens (tertiary/aromatic N) is 1. The maximum absolute atomic E-state index is 12.7. The molecule has 0 bridgehead atoms. The van der Waals surface area contributed by atoms with Crippen LogP contribution in [-0.4, -0.2) is 32.8 Å². The Morgan fingerprint density at radius 2 is 2.00 bits per heavy atom.